The first-order chi connectivity index (χ1) is 8.99. The van der Waals surface area contributed by atoms with Gasteiger partial charge in [-0.05, 0) is 18.2 Å². The van der Waals surface area contributed by atoms with Crippen LogP contribution in [0.4, 0.5) is 0 Å². The Morgan fingerprint density at radius 1 is 1.21 bits per heavy atom. The van der Waals surface area contributed by atoms with E-state index >= 15 is 0 Å². The van der Waals surface area contributed by atoms with E-state index in [1.807, 2.05) is 0 Å². The first kappa shape index (κ1) is 16.1. The molecule has 2 amide bonds. The molecule has 104 valence electrons. The Bertz CT molecular complexity index is 469. The highest BCUT2D eigenvalue weighted by molar-refractivity contribution is 8.00. The first-order valence-corrected chi connectivity index (χ1v) is 7.32. The van der Waals surface area contributed by atoms with Crippen molar-refractivity contribution in [2.45, 2.75) is 11.8 Å². The van der Waals surface area contributed by atoms with Crippen LogP contribution in [0.25, 0.3) is 0 Å². The van der Waals surface area contributed by atoms with Gasteiger partial charge in [-0.1, -0.05) is 23.2 Å². The van der Waals surface area contributed by atoms with E-state index < -0.39 is 0 Å². The largest absolute Gasteiger partial charge is 0.355 e. The van der Waals surface area contributed by atoms with Gasteiger partial charge in [0.15, 0.2) is 0 Å². The van der Waals surface area contributed by atoms with Crippen LogP contribution in [-0.4, -0.2) is 30.7 Å². The summed E-state index contributed by atoms with van der Waals surface area (Å²) in [6, 6.07) is 5.11. The van der Waals surface area contributed by atoms with Crippen molar-refractivity contribution in [3.63, 3.8) is 0 Å². The standard InChI is InChI=1S/C12H14Cl2N2O2S/c1-8(17)15-4-5-16-12(18)7-19-11-6-9(13)2-3-10(11)14/h2-3,6H,4-5,7H2,1H3,(H,15,17)(H,16,18). The average molecular weight is 321 g/mol. The van der Waals surface area contributed by atoms with Gasteiger partial charge in [0.25, 0.3) is 0 Å². The molecule has 2 N–H and O–H groups in total. The summed E-state index contributed by atoms with van der Waals surface area (Å²) in [6.45, 7) is 2.25. The molecule has 4 nitrogen and oxygen atoms in total. The lowest BCUT2D eigenvalue weighted by Gasteiger charge is -2.07. The highest BCUT2D eigenvalue weighted by atomic mass is 35.5. The minimum absolute atomic E-state index is 0.116. The Balaban J connectivity index is 2.30. The van der Waals surface area contributed by atoms with E-state index in [0.717, 1.165) is 4.90 Å². The highest BCUT2D eigenvalue weighted by Gasteiger charge is 2.06. The monoisotopic (exact) mass is 320 g/mol. The van der Waals surface area contributed by atoms with Gasteiger partial charge in [0.2, 0.25) is 11.8 Å². The zero-order valence-corrected chi connectivity index (χ0v) is 12.7. The third-order valence-corrected chi connectivity index (χ3v) is 3.81. The van der Waals surface area contributed by atoms with Crippen LogP contribution in [0.15, 0.2) is 23.1 Å². The predicted molar refractivity (Wildman–Crippen MR) is 78.9 cm³/mol. The van der Waals surface area contributed by atoms with E-state index in [0.29, 0.717) is 23.1 Å². The molecular formula is C12H14Cl2N2O2S. The third kappa shape index (κ3) is 6.71. The van der Waals surface area contributed by atoms with Crippen LogP contribution in [-0.2, 0) is 9.59 Å². The molecular weight excluding hydrogens is 307 g/mol. The number of nitrogens with one attached hydrogen (secondary N) is 2. The number of hydrogen-bond acceptors (Lipinski definition) is 3. The second-order valence-corrected chi connectivity index (χ2v) is 5.56. The summed E-state index contributed by atoms with van der Waals surface area (Å²) in [5.74, 6) is 0.0147. The van der Waals surface area contributed by atoms with Crippen molar-refractivity contribution in [3.8, 4) is 0 Å². The average Bonchev–Trinajstić information content (AvgIpc) is 2.35. The molecule has 0 fully saturated rings. The molecule has 0 bridgehead atoms. The minimum Gasteiger partial charge on any atom is -0.355 e. The van der Waals surface area contributed by atoms with Gasteiger partial charge in [0.1, 0.15) is 0 Å². The second-order valence-electron chi connectivity index (χ2n) is 3.70. The molecule has 0 heterocycles. The number of rotatable bonds is 6. The van der Waals surface area contributed by atoms with Crippen LogP contribution >= 0.6 is 35.0 Å². The summed E-state index contributed by atoms with van der Waals surface area (Å²) in [4.78, 5) is 22.9. The molecule has 0 unspecified atom stereocenters. The number of thioether (sulfide) groups is 1. The first-order valence-electron chi connectivity index (χ1n) is 5.58. The third-order valence-electron chi connectivity index (χ3n) is 2.07. The molecule has 19 heavy (non-hydrogen) atoms. The van der Waals surface area contributed by atoms with Gasteiger partial charge in [-0.25, -0.2) is 0 Å². The molecule has 0 aliphatic carbocycles. The quantitative estimate of drug-likeness (QED) is 0.624. The fraction of sp³-hybridized carbons (Fsp3) is 0.333. The SMILES string of the molecule is CC(=O)NCCNC(=O)CSc1cc(Cl)ccc1Cl. The summed E-state index contributed by atoms with van der Waals surface area (Å²) in [5, 5.41) is 6.44. The molecule has 0 atom stereocenters. The number of hydrogen-bond donors (Lipinski definition) is 2. The van der Waals surface area contributed by atoms with Crippen molar-refractivity contribution in [1.82, 2.24) is 10.6 Å². The minimum atomic E-state index is -0.119. The Labute approximate surface area is 126 Å². The van der Waals surface area contributed by atoms with Gasteiger partial charge in [0, 0.05) is 29.9 Å². The van der Waals surface area contributed by atoms with Gasteiger partial charge < -0.3 is 10.6 Å². The van der Waals surface area contributed by atoms with E-state index in [1.54, 1.807) is 18.2 Å². The summed E-state index contributed by atoms with van der Waals surface area (Å²) in [7, 11) is 0. The molecule has 0 radical (unpaired) electrons. The van der Waals surface area contributed by atoms with Crippen LogP contribution in [0.3, 0.4) is 0 Å². The molecule has 0 saturated heterocycles. The molecule has 0 aromatic heterocycles. The Hall–Kier alpha value is -0.910. The molecule has 0 spiro atoms. The van der Waals surface area contributed by atoms with Crippen LogP contribution in [0, 0.1) is 0 Å². The Kier molecular flexibility index (Phi) is 7.05. The van der Waals surface area contributed by atoms with E-state index in [4.69, 9.17) is 23.2 Å². The number of carbonyl (C=O) groups excluding carboxylic acids is 2. The van der Waals surface area contributed by atoms with Crippen LogP contribution < -0.4 is 10.6 Å². The topological polar surface area (TPSA) is 58.2 Å². The fourth-order valence-corrected chi connectivity index (χ4v) is 2.55. The van der Waals surface area contributed by atoms with Crippen molar-refractivity contribution >= 4 is 46.8 Å². The van der Waals surface area contributed by atoms with Crippen molar-refractivity contribution in [3.05, 3.63) is 28.2 Å². The van der Waals surface area contributed by atoms with Crippen LogP contribution in [0.1, 0.15) is 6.92 Å². The van der Waals surface area contributed by atoms with E-state index in [9.17, 15) is 9.59 Å². The van der Waals surface area contributed by atoms with Crippen molar-refractivity contribution in [2.24, 2.45) is 0 Å². The molecule has 0 aliphatic heterocycles. The normalized spacial score (nSPS) is 10.1. The maximum atomic E-state index is 11.5. The van der Waals surface area contributed by atoms with Crippen molar-refractivity contribution in [2.75, 3.05) is 18.8 Å². The van der Waals surface area contributed by atoms with Gasteiger partial charge >= 0.3 is 0 Å². The molecule has 0 saturated carbocycles. The summed E-state index contributed by atoms with van der Waals surface area (Å²) < 4.78 is 0. The summed E-state index contributed by atoms with van der Waals surface area (Å²) in [6.07, 6.45) is 0. The predicted octanol–water partition coefficient (Wildman–Crippen LogP) is 2.34. The van der Waals surface area contributed by atoms with E-state index in [1.165, 1.54) is 18.7 Å². The smallest absolute Gasteiger partial charge is 0.230 e. The Morgan fingerprint density at radius 3 is 2.58 bits per heavy atom. The zero-order chi connectivity index (χ0) is 14.3. The summed E-state index contributed by atoms with van der Waals surface area (Å²) >= 11 is 13.2. The Morgan fingerprint density at radius 2 is 1.89 bits per heavy atom. The number of halogens is 2. The maximum Gasteiger partial charge on any atom is 0.230 e. The summed E-state index contributed by atoms with van der Waals surface area (Å²) in [5.41, 5.74) is 0. The van der Waals surface area contributed by atoms with Gasteiger partial charge in [-0.3, -0.25) is 9.59 Å². The molecule has 0 aliphatic rings. The van der Waals surface area contributed by atoms with E-state index in [-0.39, 0.29) is 17.6 Å². The van der Waals surface area contributed by atoms with Gasteiger partial charge in [-0.2, -0.15) is 0 Å². The van der Waals surface area contributed by atoms with Crippen molar-refractivity contribution < 1.29 is 9.59 Å². The highest BCUT2D eigenvalue weighted by Crippen LogP contribution is 2.29. The molecule has 1 rings (SSSR count). The lowest BCUT2D eigenvalue weighted by molar-refractivity contribution is -0.120. The van der Waals surface area contributed by atoms with E-state index in [2.05, 4.69) is 10.6 Å². The number of amides is 2. The second kappa shape index (κ2) is 8.30. The lowest BCUT2D eigenvalue weighted by atomic mass is 10.4. The van der Waals surface area contributed by atoms with Crippen LogP contribution in [0.5, 0.6) is 0 Å². The lowest BCUT2D eigenvalue weighted by Crippen LogP contribution is -2.34. The van der Waals surface area contributed by atoms with Crippen molar-refractivity contribution in [1.29, 1.82) is 0 Å². The number of carbonyl (C=O) groups is 2. The van der Waals surface area contributed by atoms with Gasteiger partial charge in [-0.15, -0.1) is 11.8 Å². The molecule has 1 aromatic carbocycles. The molecule has 7 heteroatoms. The maximum absolute atomic E-state index is 11.5. The molecule has 1 aromatic rings. The number of benzene rings is 1. The zero-order valence-electron chi connectivity index (χ0n) is 10.3. The fourth-order valence-electron chi connectivity index (χ4n) is 1.22. The van der Waals surface area contributed by atoms with Gasteiger partial charge in [0.05, 0.1) is 10.8 Å². The van der Waals surface area contributed by atoms with Crippen LogP contribution in [0.2, 0.25) is 10.0 Å².